The lowest BCUT2D eigenvalue weighted by Gasteiger charge is -2.10. The van der Waals surface area contributed by atoms with Gasteiger partial charge in [-0.3, -0.25) is 4.79 Å². The quantitative estimate of drug-likeness (QED) is 0.471. The molecule has 0 aliphatic rings. The van der Waals surface area contributed by atoms with Gasteiger partial charge in [-0.25, -0.2) is 0 Å². The van der Waals surface area contributed by atoms with Crippen LogP contribution in [-0.4, -0.2) is 24.6 Å². The number of hydrogen-bond donors (Lipinski definition) is 0. The van der Waals surface area contributed by atoms with Crippen LogP contribution >= 0.6 is 11.8 Å². The fourth-order valence-corrected chi connectivity index (χ4v) is 1.91. The molecule has 0 amide bonds. The van der Waals surface area contributed by atoms with Crippen molar-refractivity contribution in [3.63, 3.8) is 0 Å². The number of esters is 1. The maximum Gasteiger partial charge on any atom is 0.318 e. The highest BCUT2D eigenvalue weighted by molar-refractivity contribution is 7.99. The van der Waals surface area contributed by atoms with Crippen LogP contribution < -0.4 is 0 Å². The van der Waals surface area contributed by atoms with Gasteiger partial charge in [-0.15, -0.1) is 0 Å². The van der Waals surface area contributed by atoms with E-state index in [1.54, 1.807) is 11.8 Å². The lowest BCUT2D eigenvalue weighted by Crippen LogP contribution is -2.18. The zero-order chi connectivity index (χ0) is 10.1. The number of hydrogen-bond acceptors (Lipinski definition) is 3. The Hall–Kier alpha value is -0.180. The van der Waals surface area contributed by atoms with Crippen LogP contribution in [0.25, 0.3) is 0 Å². The maximum atomic E-state index is 11.2. The Morgan fingerprint density at radius 2 is 2.08 bits per heavy atom. The molecule has 0 N–H and O–H groups in total. The van der Waals surface area contributed by atoms with Gasteiger partial charge in [-0.2, -0.15) is 11.8 Å². The van der Waals surface area contributed by atoms with Crippen LogP contribution in [-0.2, 0) is 9.53 Å². The van der Waals surface area contributed by atoms with Gasteiger partial charge in [0.2, 0.25) is 0 Å². The molecule has 0 heterocycles. The predicted octanol–water partition coefficient (Wildman–Crippen LogP) is 2.86. The van der Waals surface area contributed by atoms with Crippen molar-refractivity contribution in [3.05, 3.63) is 0 Å². The van der Waals surface area contributed by atoms with E-state index in [1.165, 1.54) is 26.4 Å². The van der Waals surface area contributed by atoms with Crippen LogP contribution in [0.3, 0.4) is 0 Å². The molecular weight excluding hydrogens is 184 g/mol. The van der Waals surface area contributed by atoms with Crippen LogP contribution in [0.1, 0.15) is 39.0 Å². The van der Waals surface area contributed by atoms with Crippen molar-refractivity contribution in [2.45, 2.75) is 44.3 Å². The van der Waals surface area contributed by atoms with E-state index in [0.717, 1.165) is 12.8 Å². The van der Waals surface area contributed by atoms with Crippen molar-refractivity contribution in [1.29, 1.82) is 0 Å². The fourth-order valence-electron chi connectivity index (χ4n) is 1.22. The van der Waals surface area contributed by atoms with Crippen LogP contribution in [0.5, 0.6) is 0 Å². The van der Waals surface area contributed by atoms with Crippen molar-refractivity contribution in [3.8, 4) is 0 Å². The number of ether oxygens (including phenoxy) is 1. The molecule has 1 unspecified atom stereocenters. The summed E-state index contributed by atoms with van der Waals surface area (Å²) in [4.78, 5) is 11.2. The highest BCUT2D eigenvalue weighted by atomic mass is 32.2. The number of carbonyl (C=O) groups excluding carboxylic acids is 1. The number of thioether (sulfide) groups is 1. The summed E-state index contributed by atoms with van der Waals surface area (Å²) in [6, 6.07) is 0. The minimum Gasteiger partial charge on any atom is -0.468 e. The third-order valence-corrected chi connectivity index (χ3v) is 3.07. The van der Waals surface area contributed by atoms with Crippen molar-refractivity contribution in [2.75, 3.05) is 13.4 Å². The smallest absolute Gasteiger partial charge is 0.318 e. The fraction of sp³-hybridized carbons (Fsp3) is 0.900. The van der Waals surface area contributed by atoms with Crippen LogP contribution in [0.4, 0.5) is 0 Å². The first kappa shape index (κ1) is 12.8. The predicted molar refractivity (Wildman–Crippen MR) is 58.1 cm³/mol. The molecule has 0 fully saturated rings. The Morgan fingerprint density at radius 1 is 1.38 bits per heavy atom. The van der Waals surface area contributed by atoms with Crippen LogP contribution in [0.15, 0.2) is 0 Å². The van der Waals surface area contributed by atoms with Gasteiger partial charge < -0.3 is 4.74 Å². The second kappa shape index (κ2) is 8.42. The molecule has 0 rings (SSSR count). The third-order valence-electron chi connectivity index (χ3n) is 2.07. The lowest BCUT2D eigenvalue weighted by atomic mass is 10.1. The molecule has 0 aliphatic heterocycles. The van der Waals surface area contributed by atoms with Crippen LogP contribution in [0.2, 0.25) is 0 Å². The van der Waals surface area contributed by atoms with Crippen molar-refractivity contribution >= 4 is 17.7 Å². The van der Waals surface area contributed by atoms with Crippen molar-refractivity contribution in [1.82, 2.24) is 0 Å². The molecular formula is C10H20O2S. The van der Waals surface area contributed by atoms with E-state index in [1.807, 2.05) is 6.26 Å². The molecule has 0 saturated carbocycles. The highest BCUT2D eigenvalue weighted by Gasteiger charge is 2.16. The topological polar surface area (TPSA) is 26.3 Å². The Balaban J connectivity index is 3.53. The van der Waals surface area contributed by atoms with E-state index in [-0.39, 0.29) is 11.2 Å². The lowest BCUT2D eigenvalue weighted by molar-refractivity contribution is -0.140. The van der Waals surface area contributed by atoms with E-state index in [4.69, 9.17) is 4.74 Å². The summed E-state index contributed by atoms with van der Waals surface area (Å²) in [7, 11) is 1.46. The van der Waals surface area contributed by atoms with E-state index in [9.17, 15) is 4.79 Å². The summed E-state index contributed by atoms with van der Waals surface area (Å²) in [6.45, 7) is 2.19. The molecule has 0 aromatic carbocycles. The number of rotatable bonds is 7. The van der Waals surface area contributed by atoms with Gasteiger partial charge in [-0.05, 0) is 12.7 Å². The van der Waals surface area contributed by atoms with E-state index in [0.29, 0.717) is 0 Å². The van der Waals surface area contributed by atoms with E-state index >= 15 is 0 Å². The normalized spacial score (nSPS) is 12.5. The SMILES string of the molecule is CCCCCCC(SC)C(=O)OC. The molecule has 0 saturated heterocycles. The standard InChI is InChI=1S/C10H20O2S/c1-4-5-6-7-8-9(13-3)10(11)12-2/h9H,4-8H2,1-3H3. The molecule has 1 atom stereocenters. The van der Waals surface area contributed by atoms with Gasteiger partial charge in [0.1, 0.15) is 5.25 Å². The monoisotopic (exact) mass is 204 g/mol. The summed E-state index contributed by atoms with van der Waals surface area (Å²) in [5.74, 6) is -0.0796. The van der Waals surface area contributed by atoms with Crippen molar-refractivity contribution in [2.24, 2.45) is 0 Å². The molecule has 0 spiro atoms. The molecule has 78 valence electrons. The first-order chi connectivity index (χ1) is 6.26. The zero-order valence-corrected chi connectivity index (χ0v) is 9.65. The molecule has 0 aromatic rings. The summed E-state index contributed by atoms with van der Waals surface area (Å²) >= 11 is 1.59. The molecule has 2 nitrogen and oxygen atoms in total. The number of unbranched alkanes of at least 4 members (excludes halogenated alkanes) is 3. The Labute approximate surface area is 85.4 Å². The maximum absolute atomic E-state index is 11.2. The Kier molecular flexibility index (Phi) is 8.30. The minimum absolute atomic E-state index is 0.0434. The zero-order valence-electron chi connectivity index (χ0n) is 8.84. The second-order valence-corrected chi connectivity index (χ2v) is 4.14. The van der Waals surface area contributed by atoms with Crippen LogP contribution in [0, 0.1) is 0 Å². The summed E-state index contributed by atoms with van der Waals surface area (Å²) < 4.78 is 4.70. The Morgan fingerprint density at radius 3 is 2.54 bits per heavy atom. The van der Waals surface area contributed by atoms with Gasteiger partial charge in [0.25, 0.3) is 0 Å². The summed E-state index contributed by atoms with van der Waals surface area (Å²) in [5, 5.41) is 0.0434. The van der Waals surface area contributed by atoms with E-state index < -0.39 is 0 Å². The second-order valence-electron chi connectivity index (χ2n) is 3.10. The molecule has 0 aromatic heterocycles. The summed E-state index contributed by atoms with van der Waals surface area (Å²) in [5.41, 5.74) is 0. The first-order valence-electron chi connectivity index (χ1n) is 4.86. The van der Waals surface area contributed by atoms with Crippen molar-refractivity contribution < 1.29 is 9.53 Å². The van der Waals surface area contributed by atoms with Gasteiger partial charge in [-0.1, -0.05) is 32.6 Å². The molecule has 0 bridgehead atoms. The number of methoxy groups -OCH3 is 1. The average molecular weight is 204 g/mol. The van der Waals surface area contributed by atoms with Gasteiger partial charge >= 0.3 is 5.97 Å². The molecule has 3 heteroatoms. The minimum atomic E-state index is -0.0796. The summed E-state index contributed by atoms with van der Waals surface area (Å²) in [6.07, 6.45) is 7.78. The van der Waals surface area contributed by atoms with Gasteiger partial charge in [0.05, 0.1) is 7.11 Å². The van der Waals surface area contributed by atoms with E-state index in [2.05, 4.69) is 6.92 Å². The highest BCUT2D eigenvalue weighted by Crippen LogP contribution is 2.16. The molecule has 0 aliphatic carbocycles. The largest absolute Gasteiger partial charge is 0.468 e. The third kappa shape index (κ3) is 5.97. The van der Waals surface area contributed by atoms with Gasteiger partial charge in [0, 0.05) is 0 Å². The average Bonchev–Trinajstić information content (AvgIpc) is 2.17. The van der Waals surface area contributed by atoms with Gasteiger partial charge in [0.15, 0.2) is 0 Å². The molecule has 0 radical (unpaired) electrons. The molecule has 13 heavy (non-hydrogen) atoms. The number of carbonyl (C=O) groups is 1. The Bertz CT molecular complexity index is 137. The first-order valence-corrected chi connectivity index (χ1v) is 6.15.